The minimum absolute atomic E-state index is 0.0647. The number of carbonyl (C=O) groups excluding carboxylic acids is 1. The summed E-state index contributed by atoms with van der Waals surface area (Å²) in [6, 6.07) is 3.80. The molecule has 0 spiro atoms. The molecule has 2 heterocycles. The molecule has 1 amide bonds. The highest BCUT2D eigenvalue weighted by atomic mass is 16.3. The largest absolute Gasteiger partial charge is 0.388 e. The van der Waals surface area contributed by atoms with Crippen molar-refractivity contribution in [2.75, 3.05) is 6.54 Å². The van der Waals surface area contributed by atoms with Crippen molar-refractivity contribution in [1.29, 1.82) is 0 Å². The summed E-state index contributed by atoms with van der Waals surface area (Å²) in [5, 5.41) is 13.7. The summed E-state index contributed by atoms with van der Waals surface area (Å²) in [6.45, 7) is 0.354. The lowest BCUT2D eigenvalue weighted by Crippen LogP contribution is -2.48. The predicted molar refractivity (Wildman–Crippen MR) is 71.6 cm³/mol. The number of carbonyl (C=O) groups is 1. The van der Waals surface area contributed by atoms with Gasteiger partial charge in [-0.3, -0.25) is 4.79 Å². The summed E-state index contributed by atoms with van der Waals surface area (Å²) in [5.41, 5.74) is 1.06. The number of pyridine rings is 1. The second-order valence-corrected chi connectivity index (χ2v) is 5.24. The maximum atomic E-state index is 11.9. The van der Waals surface area contributed by atoms with E-state index in [4.69, 9.17) is 0 Å². The number of fused-ring (bicyclic) bond motifs is 1. The minimum atomic E-state index is -0.669. The van der Waals surface area contributed by atoms with Crippen LogP contribution in [-0.4, -0.2) is 33.1 Å². The fourth-order valence-corrected chi connectivity index (χ4v) is 2.42. The molecule has 1 saturated carbocycles. The van der Waals surface area contributed by atoms with Crippen LogP contribution in [0, 0.1) is 0 Å². The Labute approximate surface area is 111 Å². The van der Waals surface area contributed by atoms with Crippen LogP contribution in [0.4, 0.5) is 0 Å². The van der Waals surface area contributed by atoms with Crippen molar-refractivity contribution in [3.8, 4) is 0 Å². The van der Waals surface area contributed by atoms with E-state index < -0.39 is 5.60 Å². The van der Waals surface area contributed by atoms with E-state index in [-0.39, 0.29) is 5.91 Å². The number of hydrogen-bond donors (Lipinski definition) is 3. The van der Waals surface area contributed by atoms with Crippen molar-refractivity contribution in [2.45, 2.75) is 31.3 Å². The zero-order valence-electron chi connectivity index (χ0n) is 10.6. The maximum Gasteiger partial charge on any atom is 0.224 e. The third kappa shape index (κ3) is 2.46. The Morgan fingerprint density at radius 2 is 2.37 bits per heavy atom. The number of aromatic amines is 1. The molecule has 1 aliphatic carbocycles. The van der Waals surface area contributed by atoms with Gasteiger partial charge >= 0.3 is 0 Å². The first-order valence-electron chi connectivity index (χ1n) is 6.56. The van der Waals surface area contributed by atoms with Crippen molar-refractivity contribution in [2.24, 2.45) is 0 Å². The Bertz CT molecular complexity index is 602. The SMILES string of the molecule is O=C(Cc1c[nH]c2ncccc12)NCC1(O)CCC1. The molecule has 3 rings (SSSR count). The quantitative estimate of drug-likeness (QED) is 0.770. The third-order valence-electron chi connectivity index (χ3n) is 3.79. The Morgan fingerprint density at radius 3 is 3.11 bits per heavy atom. The van der Waals surface area contributed by atoms with Crippen LogP contribution in [0.5, 0.6) is 0 Å². The minimum Gasteiger partial charge on any atom is -0.388 e. The lowest BCUT2D eigenvalue weighted by Gasteiger charge is -2.36. The monoisotopic (exact) mass is 259 g/mol. The maximum absolute atomic E-state index is 11.9. The van der Waals surface area contributed by atoms with Gasteiger partial charge < -0.3 is 15.4 Å². The number of nitrogens with one attached hydrogen (secondary N) is 2. The second kappa shape index (κ2) is 4.66. The highest BCUT2D eigenvalue weighted by molar-refractivity contribution is 5.87. The zero-order chi connectivity index (χ0) is 13.3. The fourth-order valence-electron chi connectivity index (χ4n) is 2.42. The van der Waals surface area contributed by atoms with Crippen LogP contribution in [0.1, 0.15) is 24.8 Å². The molecule has 0 radical (unpaired) electrons. The molecule has 0 bridgehead atoms. The van der Waals surface area contributed by atoms with Gasteiger partial charge in [0.05, 0.1) is 12.0 Å². The van der Waals surface area contributed by atoms with Gasteiger partial charge in [-0.1, -0.05) is 0 Å². The molecule has 0 aliphatic heterocycles. The number of rotatable bonds is 4. The summed E-state index contributed by atoms with van der Waals surface area (Å²) in [6.07, 6.45) is 6.45. The molecule has 5 nitrogen and oxygen atoms in total. The van der Waals surface area contributed by atoms with Crippen LogP contribution in [0.15, 0.2) is 24.5 Å². The number of amides is 1. The van der Waals surface area contributed by atoms with Crippen molar-refractivity contribution in [1.82, 2.24) is 15.3 Å². The van der Waals surface area contributed by atoms with E-state index in [1.807, 2.05) is 18.3 Å². The highest BCUT2D eigenvalue weighted by Gasteiger charge is 2.34. The molecule has 1 fully saturated rings. The Balaban J connectivity index is 1.63. The number of H-pyrrole nitrogens is 1. The Kier molecular flexibility index (Phi) is 2.98. The van der Waals surface area contributed by atoms with E-state index in [1.165, 1.54) is 0 Å². The van der Waals surface area contributed by atoms with Gasteiger partial charge in [0.25, 0.3) is 0 Å². The second-order valence-electron chi connectivity index (χ2n) is 5.24. The summed E-state index contributed by atoms with van der Waals surface area (Å²) in [7, 11) is 0. The molecule has 0 unspecified atom stereocenters. The van der Waals surface area contributed by atoms with Gasteiger partial charge in [0.1, 0.15) is 5.65 Å². The molecular weight excluding hydrogens is 242 g/mol. The van der Waals surface area contributed by atoms with Crippen molar-refractivity contribution < 1.29 is 9.90 Å². The van der Waals surface area contributed by atoms with E-state index in [1.54, 1.807) is 6.20 Å². The molecule has 0 saturated heterocycles. The molecule has 2 aromatic heterocycles. The lowest BCUT2D eigenvalue weighted by molar-refractivity contribution is -0.122. The van der Waals surface area contributed by atoms with E-state index in [0.717, 1.165) is 35.9 Å². The van der Waals surface area contributed by atoms with Gasteiger partial charge in [0.2, 0.25) is 5.91 Å². The number of nitrogens with zero attached hydrogens (tertiary/aromatic N) is 1. The van der Waals surface area contributed by atoms with E-state index in [9.17, 15) is 9.90 Å². The number of aliphatic hydroxyl groups is 1. The topological polar surface area (TPSA) is 78.0 Å². The lowest BCUT2D eigenvalue weighted by atomic mass is 9.80. The van der Waals surface area contributed by atoms with E-state index in [2.05, 4.69) is 15.3 Å². The van der Waals surface area contributed by atoms with Crippen LogP contribution < -0.4 is 5.32 Å². The average Bonchev–Trinajstić information content (AvgIpc) is 2.78. The summed E-state index contributed by atoms with van der Waals surface area (Å²) in [5.74, 6) is -0.0647. The first-order valence-corrected chi connectivity index (χ1v) is 6.56. The molecular formula is C14H17N3O2. The molecule has 5 heteroatoms. The van der Waals surface area contributed by atoms with Gasteiger partial charge in [-0.2, -0.15) is 0 Å². The van der Waals surface area contributed by atoms with E-state index >= 15 is 0 Å². The summed E-state index contributed by atoms with van der Waals surface area (Å²) >= 11 is 0. The van der Waals surface area contributed by atoms with Crippen molar-refractivity contribution in [3.05, 3.63) is 30.1 Å². The molecule has 0 aromatic carbocycles. The molecule has 0 atom stereocenters. The van der Waals surface area contributed by atoms with Crippen molar-refractivity contribution >= 4 is 16.9 Å². The summed E-state index contributed by atoms with van der Waals surface area (Å²) < 4.78 is 0. The summed E-state index contributed by atoms with van der Waals surface area (Å²) in [4.78, 5) is 19.1. The van der Waals surface area contributed by atoms with Crippen LogP contribution in [0.25, 0.3) is 11.0 Å². The van der Waals surface area contributed by atoms with Crippen molar-refractivity contribution in [3.63, 3.8) is 0 Å². The van der Waals surface area contributed by atoms with Gasteiger partial charge in [-0.05, 0) is 37.0 Å². The Morgan fingerprint density at radius 1 is 1.53 bits per heavy atom. The molecule has 1 aliphatic rings. The molecule has 100 valence electrons. The first kappa shape index (κ1) is 12.2. The molecule has 19 heavy (non-hydrogen) atoms. The third-order valence-corrected chi connectivity index (χ3v) is 3.79. The normalized spacial score (nSPS) is 17.1. The zero-order valence-corrected chi connectivity index (χ0v) is 10.6. The Hall–Kier alpha value is -1.88. The fraction of sp³-hybridized carbons (Fsp3) is 0.429. The molecule has 2 aromatic rings. The van der Waals surface area contributed by atoms with Crippen LogP contribution in [0.2, 0.25) is 0 Å². The molecule has 3 N–H and O–H groups in total. The van der Waals surface area contributed by atoms with Gasteiger partial charge in [-0.15, -0.1) is 0 Å². The predicted octanol–water partition coefficient (Wildman–Crippen LogP) is 1.14. The van der Waals surface area contributed by atoms with Gasteiger partial charge in [0, 0.05) is 24.3 Å². The van der Waals surface area contributed by atoms with Crippen LogP contribution in [0.3, 0.4) is 0 Å². The van der Waals surface area contributed by atoms with Crippen LogP contribution in [-0.2, 0) is 11.2 Å². The number of aromatic nitrogens is 2. The standard InChI is InChI=1S/C14H17N3O2/c18-12(17-9-14(19)4-2-5-14)7-10-8-16-13-11(10)3-1-6-15-13/h1,3,6,8,19H,2,4-5,7,9H2,(H,15,16)(H,17,18). The van der Waals surface area contributed by atoms with Gasteiger partial charge in [0.15, 0.2) is 0 Å². The van der Waals surface area contributed by atoms with Crippen LogP contribution >= 0.6 is 0 Å². The smallest absolute Gasteiger partial charge is 0.224 e. The van der Waals surface area contributed by atoms with Gasteiger partial charge in [-0.25, -0.2) is 4.98 Å². The average molecular weight is 259 g/mol. The first-order chi connectivity index (χ1) is 9.16. The van der Waals surface area contributed by atoms with E-state index in [0.29, 0.717) is 13.0 Å². The number of hydrogen-bond acceptors (Lipinski definition) is 3. The highest BCUT2D eigenvalue weighted by Crippen LogP contribution is 2.30.